The van der Waals surface area contributed by atoms with Gasteiger partial charge in [-0.05, 0) is 24.3 Å². The lowest BCUT2D eigenvalue weighted by atomic mass is 10.3. The molecule has 10 nitrogen and oxygen atoms in total. The van der Waals surface area contributed by atoms with Crippen molar-refractivity contribution in [2.75, 3.05) is 26.1 Å². The fraction of sp³-hybridized carbons (Fsp3) is 0.263. The highest BCUT2D eigenvalue weighted by molar-refractivity contribution is 5.89. The molecule has 0 bridgehead atoms. The number of hydrogen-bond acceptors (Lipinski definition) is 6. The van der Waals surface area contributed by atoms with Gasteiger partial charge in [0.1, 0.15) is 5.69 Å². The minimum Gasteiger partial charge on any atom is -0.493 e. The van der Waals surface area contributed by atoms with Crippen molar-refractivity contribution in [3.63, 3.8) is 0 Å². The summed E-state index contributed by atoms with van der Waals surface area (Å²) in [5.74, 6) is 1.54. The number of rotatable bonds is 7. The highest BCUT2D eigenvalue weighted by Gasteiger charge is 2.13. The third-order valence-corrected chi connectivity index (χ3v) is 4.19. The number of ether oxygens (including phenoxy) is 2. The molecule has 2 N–H and O–H groups in total. The Labute approximate surface area is 167 Å². The van der Waals surface area contributed by atoms with Crippen molar-refractivity contribution in [2.24, 2.45) is 7.05 Å². The number of aromatic nitrogens is 4. The summed E-state index contributed by atoms with van der Waals surface area (Å²) in [5.41, 5.74) is 0.866. The summed E-state index contributed by atoms with van der Waals surface area (Å²) in [4.78, 5) is 28.7. The van der Waals surface area contributed by atoms with Crippen LogP contribution in [0.2, 0.25) is 0 Å². The SMILES string of the molecule is COc1ccc(NC(=O)NCCn2nc(-c3ccccn3)n(C)c2=O)cc1OC. The van der Waals surface area contributed by atoms with Crippen molar-refractivity contribution in [1.82, 2.24) is 24.6 Å². The molecule has 10 heteroatoms. The van der Waals surface area contributed by atoms with Crippen LogP contribution in [0, 0.1) is 0 Å². The normalized spacial score (nSPS) is 10.4. The Morgan fingerprint density at radius 2 is 1.93 bits per heavy atom. The van der Waals surface area contributed by atoms with Crippen LogP contribution in [0.15, 0.2) is 47.4 Å². The van der Waals surface area contributed by atoms with E-state index in [0.717, 1.165) is 0 Å². The average molecular weight is 398 g/mol. The molecular weight excluding hydrogens is 376 g/mol. The average Bonchev–Trinajstić information content (AvgIpc) is 3.03. The van der Waals surface area contributed by atoms with Crippen molar-refractivity contribution < 1.29 is 14.3 Å². The first-order valence-corrected chi connectivity index (χ1v) is 8.85. The number of hydrogen-bond donors (Lipinski definition) is 2. The quantitative estimate of drug-likeness (QED) is 0.623. The molecule has 2 aromatic heterocycles. The van der Waals surface area contributed by atoms with Gasteiger partial charge in [0.2, 0.25) is 0 Å². The Balaban J connectivity index is 1.59. The second-order valence-corrected chi connectivity index (χ2v) is 6.05. The van der Waals surface area contributed by atoms with Gasteiger partial charge >= 0.3 is 11.7 Å². The Kier molecular flexibility index (Phi) is 6.12. The molecule has 152 valence electrons. The lowest BCUT2D eigenvalue weighted by Gasteiger charge is -2.11. The molecule has 29 heavy (non-hydrogen) atoms. The van der Waals surface area contributed by atoms with Crippen LogP contribution in [0.1, 0.15) is 0 Å². The Hall–Kier alpha value is -3.82. The van der Waals surface area contributed by atoms with E-state index in [9.17, 15) is 9.59 Å². The lowest BCUT2D eigenvalue weighted by molar-refractivity contribution is 0.251. The molecule has 2 heterocycles. The Bertz CT molecular complexity index is 1040. The summed E-state index contributed by atoms with van der Waals surface area (Å²) in [7, 11) is 4.69. The molecule has 0 saturated heterocycles. The smallest absolute Gasteiger partial charge is 0.346 e. The molecule has 0 aliphatic rings. The zero-order valence-corrected chi connectivity index (χ0v) is 16.4. The minimum absolute atomic E-state index is 0.220. The van der Waals surface area contributed by atoms with Crippen LogP contribution in [-0.2, 0) is 13.6 Å². The van der Waals surface area contributed by atoms with E-state index in [-0.39, 0.29) is 18.8 Å². The van der Waals surface area contributed by atoms with E-state index in [1.54, 1.807) is 43.6 Å². The molecule has 0 fully saturated rings. The van der Waals surface area contributed by atoms with Crippen molar-refractivity contribution in [3.8, 4) is 23.0 Å². The molecular formula is C19H22N6O4. The lowest BCUT2D eigenvalue weighted by Crippen LogP contribution is -2.34. The van der Waals surface area contributed by atoms with E-state index in [4.69, 9.17) is 9.47 Å². The topological polar surface area (TPSA) is 112 Å². The zero-order chi connectivity index (χ0) is 20.8. The largest absolute Gasteiger partial charge is 0.493 e. The van der Waals surface area contributed by atoms with Crippen LogP contribution < -0.4 is 25.8 Å². The van der Waals surface area contributed by atoms with Crippen molar-refractivity contribution >= 4 is 11.7 Å². The van der Waals surface area contributed by atoms with Crippen LogP contribution in [0.5, 0.6) is 11.5 Å². The van der Waals surface area contributed by atoms with Crippen LogP contribution in [0.25, 0.3) is 11.5 Å². The standard InChI is InChI=1S/C19H22N6O4/c1-24-17(14-6-4-5-9-20-14)23-25(19(24)27)11-10-21-18(26)22-13-7-8-15(28-2)16(12-13)29-3/h4-9,12H,10-11H2,1-3H3,(H2,21,22,26). The number of urea groups is 1. The van der Waals surface area contributed by atoms with E-state index in [2.05, 4.69) is 20.7 Å². The Morgan fingerprint density at radius 1 is 1.14 bits per heavy atom. The maximum atomic E-state index is 12.3. The van der Waals surface area contributed by atoms with E-state index in [1.807, 2.05) is 6.07 Å². The monoisotopic (exact) mass is 398 g/mol. The van der Waals surface area contributed by atoms with E-state index >= 15 is 0 Å². The predicted molar refractivity (Wildman–Crippen MR) is 107 cm³/mol. The second kappa shape index (κ2) is 8.91. The van der Waals surface area contributed by atoms with Crippen LogP contribution in [0.3, 0.4) is 0 Å². The first-order chi connectivity index (χ1) is 14.0. The number of amides is 2. The molecule has 3 rings (SSSR count). The number of pyridine rings is 1. The fourth-order valence-electron chi connectivity index (χ4n) is 2.72. The number of carbonyl (C=O) groups excluding carboxylic acids is 1. The van der Waals surface area contributed by atoms with Gasteiger partial charge in [-0.15, -0.1) is 5.10 Å². The molecule has 0 unspecified atom stereocenters. The summed E-state index contributed by atoms with van der Waals surface area (Å²) in [6.07, 6.45) is 1.64. The van der Waals surface area contributed by atoms with Crippen LogP contribution >= 0.6 is 0 Å². The molecule has 0 aliphatic carbocycles. The minimum atomic E-state index is -0.411. The number of nitrogens with zero attached hydrogens (tertiary/aromatic N) is 4. The maximum Gasteiger partial charge on any atom is 0.346 e. The summed E-state index contributed by atoms with van der Waals surface area (Å²) >= 11 is 0. The molecule has 0 radical (unpaired) electrons. The third kappa shape index (κ3) is 4.54. The van der Waals surface area contributed by atoms with Gasteiger partial charge in [0, 0.05) is 31.5 Å². The van der Waals surface area contributed by atoms with Gasteiger partial charge in [-0.3, -0.25) is 9.55 Å². The van der Waals surface area contributed by atoms with Crippen molar-refractivity contribution in [2.45, 2.75) is 6.54 Å². The highest BCUT2D eigenvalue weighted by Crippen LogP contribution is 2.29. The second-order valence-electron chi connectivity index (χ2n) is 6.05. The van der Waals surface area contributed by atoms with Crippen LogP contribution in [-0.4, -0.2) is 46.1 Å². The highest BCUT2D eigenvalue weighted by atomic mass is 16.5. The van der Waals surface area contributed by atoms with E-state index in [0.29, 0.717) is 28.7 Å². The van der Waals surface area contributed by atoms with Crippen molar-refractivity contribution in [1.29, 1.82) is 0 Å². The molecule has 0 aliphatic heterocycles. The number of anilines is 1. The number of nitrogens with one attached hydrogen (secondary N) is 2. The van der Waals surface area contributed by atoms with Gasteiger partial charge < -0.3 is 20.1 Å². The molecule has 0 atom stereocenters. The third-order valence-electron chi connectivity index (χ3n) is 4.19. The number of benzene rings is 1. The summed E-state index contributed by atoms with van der Waals surface area (Å²) in [6, 6.07) is 10.0. The molecule has 0 saturated carbocycles. The maximum absolute atomic E-state index is 12.3. The van der Waals surface area contributed by atoms with Crippen LogP contribution in [0.4, 0.5) is 10.5 Å². The molecule has 3 aromatic rings. The van der Waals surface area contributed by atoms with Gasteiger partial charge in [0.25, 0.3) is 0 Å². The number of carbonyl (C=O) groups is 1. The van der Waals surface area contributed by atoms with Gasteiger partial charge in [-0.1, -0.05) is 6.07 Å². The van der Waals surface area contributed by atoms with E-state index < -0.39 is 6.03 Å². The van der Waals surface area contributed by atoms with Gasteiger partial charge in [0.05, 0.1) is 20.8 Å². The van der Waals surface area contributed by atoms with Crippen molar-refractivity contribution in [3.05, 3.63) is 53.1 Å². The summed E-state index contributed by atoms with van der Waals surface area (Å²) in [5, 5.41) is 9.70. The van der Waals surface area contributed by atoms with Gasteiger partial charge in [-0.25, -0.2) is 14.3 Å². The fourth-order valence-corrected chi connectivity index (χ4v) is 2.72. The molecule has 0 spiro atoms. The molecule has 2 amide bonds. The predicted octanol–water partition coefficient (Wildman–Crippen LogP) is 1.48. The first-order valence-electron chi connectivity index (χ1n) is 8.85. The zero-order valence-electron chi connectivity index (χ0n) is 16.4. The van der Waals surface area contributed by atoms with Gasteiger partial charge in [-0.2, -0.15) is 0 Å². The first kappa shape index (κ1) is 19.9. The Morgan fingerprint density at radius 3 is 2.62 bits per heavy atom. The molecule has 1 aromatic carbocycles. The number of methoxy groups -OCH3 is 2. The summed E-state index contributed by atoms with van der Waals surface area (Å²) in [6.45, 7) is 0.441. The van der Waals surface area contributed by atoms with Gasteiger partial charge in [0.15, 0.2) is 17.3 Å². The van der Waals surface area contributed by atoms with E-state index in [1.165, 1.54) is 23.5 Å². The summed E-state index contributed by atoms with van der Waals surface area (Å²) < 4.78 is 13.1.